The number of hydrogen-bond donors (Lipinski definition) is 1. The molecular weight excluding hydrogens is 291 g/mol. The van der Waals surface area contributed by atoms with Gasteiger partial charge in [0.1, 0.15) is 16.5 Å². The number of carbonyl (C=O) groups is 1. The fraction of sp³-hybridized carbons (Fsp3) is 0.200. The Bertz CT molecular complexity index is 771. The lowest BCUT2D eigenvalue weighted by atomic mass is 10.2. The zero-order valence-electron chi connectivity index (χ0n) is 10.2. The molecular formula is C10H9FN4O4S. The van der Waals surface area contributed by atoms with E-state index in [1.165, 1.54) is 7.05 Å². The van der Waals surface area contributed by atoms with E-state index in [1.54, 1.807) is 0 Å². The van der Waals surface area contributed by atoms with Crippen LogP contribution in [0.1, 0.15) is 16.2 Å². The number of carboxylic acid groups (broad SMARTS) is 1. The summed E-state index contributed by atoms with van der Waals surface area (Å²) in [6, 6.07) is 2.58. The maximum absolute atomic E-state index is 13.7. The van der Waals surface area contributed by atoms with Gasteiger partial charge in [0.15, 0.2) is 15.7 Å². The smallest absolute Gasteiger partial charge is 0.335 e. The van der Waals surface area contributed by atoms with Crippen LogP contribution in [0.4, 0.5) is 4.39 Å². The van der Waals surface area contributed by atoms with Crippen LogP contribution in [0.3, 0.4) is 0 Å². The molecule has 0 saturated carbocycles. The van der Waals surface area contributed by atoms with E-state index in [0.29, 0.717) is 6.07 Å². The number of hydrogen-bond acceptors (Lipinski definition) is 6. The molecule has 0 radical (unpaired) electrons. The molecule has 8 nitrogen and oxygen atoms in total. The number of benzene rings is 1. The van der Waals surface area contributed by atoms with E-state index in [-0.39, 0.29) is 11.4 Å². The van der Waals surface area contributed by atoms with Gasteiger partial charge in [0.05, 0.1) is 12.6 Å². The molecule has 0 fully saturated rings. The standard InChI is InChI=1S/C10H9FN4O4S/c1-15-13-9(12-14-15)5-20(18,19)8-3-2-6(10(16)17)4-7(8)11/h2-4H,5H2,1H3,(H,16,17). The minimum Gasteiger partial charge on any atom is -0.478 e. The van der Waals surface area contributed by atoms with Crippen molar-refractivity contribution in [2.24, 2.45) is 7.05 Å². The zero-order valence-corrected chi connectivity index (χ0v) is 11.0. The Morgan fingerprint density at radius 1 is 1.45 bits per heavy atom. The Hall–Kier alpha value is -2.36. The van der Waals surface area contributed by atoms with Gasteiger partial charge in [-0.2, -0.15) is 4.80 Å². The van der Waals surface area contributed by atoms with Crippen molar-refractivity contribution in [3.63, 3.8) is 0 Å². The summed E-state index contributed by atoms with van der Waals surface area (Å²) >= 11 is 0. The molecule has 2 aromatic rings. The van der Waals surface area contributed by atoms with Crippen LogP contribution < -0.4 is 0 Å². The van der Waals surface area contributed by atoms with Crippen LogP contribution in [-0.4, -0.2) is 39.7 Å². The minimum atomic E-state index is -4.02. The molecule has 0 amide bonds. The van der Waals surface area contributed by atoms with Gasteiger partial charge in [0, 0.05) is 0 Å². The number of rotatable bonds is 4. The van der Waals surface area contributed by atoms with Crippen LogP contribution >= 0.6 is 0 Å². The summed E-state index contributed by atoms with van der Waals surface area (Å²) in [5.41, 5.74) is -0.334. The third-order valence-electron chi connectivity index (χ3n) is 2.38. The number of carboxylic acids is 1. The van der Waals surface area contributed by atoms with E-state index in [9.17, 15) is 17.6 Å². The van der Waals surface area contributed by atoms with E-state index < -0.39 is 32.3 Å². The average Bonchev–Trinajstić information content (AvgIpc) is 2.73. The first-order valence-electron chi connectivity index (χ1n) is 5.28. The molecule has 0 aliphatic carbocycles. The van der Waals surface area contributed by atoms with Gasteiger partial charge >= 0.3 is 5.97 Å². The molecule has 1 N–H and O–H groups in total. The number of sulfone groups is 1. The fourth-order valence-corrected chi connectivity index (χ4v) is 2.76. The normalized spacial score (nSPS) is 11.5. The van der Waals surface area contributed by atoms with Gasteiger partial charge in [0.25, 0.3) is 0 Å². The summed E-state index contributed by atoms with van der Waals surface area (Å²) in [4.78, 5) is 11.1. The Kier molecular flexibility index (Phi) is 3.49. The van der Waals surface area contributed by atoms with Crippen LogP contribution in [0.15, 0.2) is 23.1 Å². The van der Waals surface area contributed by atoms with Gasteiger partial charge in [-0.25, -0.2) is 17.6 Å². The highest BCUT2D eigenvalue weighted by Gasteiger charge is 2.23. The Balaban J connectivity index is 2.37. The average molecular weight is 300 g/mol. The van der Waals surface area contributed by atoms with Gasteiger partial charge in [-0.1, -0.05) is 0 Å². The second kappa shape index (κ2) is 4.96. The summed E-state index contributed by atoms with van der Waals surface area (Å²) in [5, 5.41) is 19.4. The summed E-state index contributed by atoms with van der Waals surface area (Å²) in [6.45, 7) is 0. The topological polar surface area (TPSA) is 115 Å². The molecule has 106 valence electrons. The summed E-state index contributed by atoms with van der Waals surface area (Å²) in [7, 11) is -2.56. The molecule has 0 bridgehead atoms. The van der Waals surface area contributed by atoms with E-state index >= 15 is 0 Å². The molecule has 0 aliphatic heterocycles. The Morgan fingerprint density at radius 3 is 2.65 bits per heavy atom. The summed E-state index contributed by atoms with van der Waals surface area (Å²) < 4.78 is 37.7. The van der Waals surface area contributed by atoms with Crippen molar-refractivity contribution < 1.29 is 22.7 Å². The molecule has 1 aromatic carbocycles. The molecule has 0 atom stereocenters. The molecule has 0 unspecified atom stereocenters. The molecule has 0 aliphatic rings. The van der Waals surface area contributed by atoms with Crippen molar-refractivity contribution >= 4 is 15.8 Å². The first kappa shape index (κ1) is 14.1. The van der Waals surface area contributed by atoms with Crippen molar-refractivity contribution in [1.29, 1.82) is 0 Å². The molecule has 2 rings (SSSR count). The monoisotopic (exact) mass is 300 g/mol. The molecule has 20 heavy (non-hydrogen) atoms. The summed E-state index contributed by atoms with van der Waals surface area (Å²) in [6.07, 6.45) is 0. The second-order valence-electron chi connectivity index (χ2n) is 3.90. The van der Waals surface area contributed by atoms with Gasteiger partial charge in [-0.15, -0.1) is 10.2 Å². The number of nitrogens with zero attached hydrogens (tertiary/aromatic N) is 4. The Morgan fingerprint density at radius 2 is 2.15 bits per heavy atom. The number of aromatic nitrogens is 4. The second-order valence-corrected chi connectivity index (χ2v) is 5.86. The predicted molar refractivity (Wildman–Crippen MR) is 63.0 cm³/mol. The number of halogens is 1. The predicted octanol–water partition coefficient (Wildman–Crippen LogP) is 0.0213. The third-order valence-corrected chi connectivity index (χ3v) is 4.02. The fourth-order valence-electron chi connectivity index (χ4n) is 1.51. The van der Waals surface area contributed by atoms with Gasteiger partial charge in [-0.3, -0.25) is 0 Å². The molecule has 1 heterocycles. The molecule has 1 aromatic heterocycles. The van der Waals surface area contributed by atoms with E-state index in [0.717, 1.165) is 16.9 Å². The van der Waals surface area contributed by atoms with Crippen LogP contribution in [0.5, 0.6) is 0 Å². The lowest BCUT2D eigenvalue weighted by Crippen LogP contribution is -2.10. The lowest BCUT2D eigenvalue weighted by Gasteiger charge is -2.04. The highest BCUT2D eigenvalue weighted by molar-refractivity contribution is 7.90. The number of aryl methyl sites for hydroxylation is 1. The van der Waals surface area contributed by atoms with Crippen LogP contribution in [0.25, 0.3) is 0 Å². The van der Waals surface area contributed by atoms with E-state index in [4.69, 9.17) is 5.11 Å². The van der Waals surface area contributed by atoms with E-state index in [1.807, 2.05) is 0 Å². The first-order valence-corrected chi connectivity index (χ1v) is 6.93. The van der Waals surface area contributed by atoms with E-state index in [2.05, 4.69) is 15.4 Å². The van der Waals surface area contributed by atoms with Gasteiger partial charge < -0.3 is 5.11 Å². The number of tetrazole rings is 1. The van der Waals surface area contributed by atoms with Crippen molar-refractivity contribution in [3.05, 3.63) is 35.4 Å². The van der Waals surface area contributed by atoms with Crippen molar-refractivity contribution in [1.82, 2.24) is 20.2 Å². The lowest BCUT2D eigenvalue weighted by molar-refractivity contribution is 0.0696. The highest BCUT2D eigenvalue weighted by Crippen LogP contribution is 2.19. The SMILES string of the molecule is Cn1nnc(CS(=O)(=O)c2ccc(C(=O)O)cc2F)n1. The Labute approximate surface area is 112 Å². The van der Waals surface area contributed by atoms with Crippen molar-refractivity contribution in [2.75, 3.05) is 0 Å². The van der Waals surface area contributed by atoms with Crippen LogP contribution in [0.2, 0.25) is 0 Å². The van der Waals surface area contributed by atoms with Crippen LogP contribution in [-0.2, 0) is 22.6 Å². The molecule has 0 saturated heterocycles. The summed E-state index contributed by atoms with van der Waals surface area (Å²) in [5.74, 6) is -3.17. The first-order chi connectivity index (χ1) is 9.29. The number of aromatic carboxylic acids is 1. The van der Waals surface area contributed by atoms with Gasteiger partial charge in [0.2, 0.25) is 0 Å². The maximum atomic E-state index is 13.7. The maximum Gasteiger partial charge on any atom is 0.335 e. The zero-order chi connectivity index (χ0) is 14.9. The third kappa shape index (κ3) is 2.79. The molecule has 0 spiro atoms. The quantitative estimate of drug-likeness (QED) is 0.846. The van der Waals surface area contributed by atoms with Gasteiger partial charge in [-0.05, 0) is 23.4 Å². The van der Waals surface area contributed by atoms with Crippen molar-refractivity contribution in [3.8, 4) is 0 Å². The molecule has 10 heteroatoms. The largest absolute Gasteiger partial charge is 0.478 e. The van der Waals surface area contributed by atoms with Crippen molar-refractivity contribution in [2.45, 2.75) is 10.6 Å². The minimum absolute atomic E-state index is 0.0748. The highest BCUT2D eigenvalue weighted by atomic mass is 32.2. The van der Waals surface area contributed by atoms with Crippen LogP contribution in [0, 0.1) is 5.82 Å².